The largest absolute Gasteiger partial charge is 0.328 e. The Balaban J connectivity index is 1.74. The molecular formula is C20H24N4O. The lowest BCUT2D eigenvalue weighted by molar-refractivity contribution is -0.117. The van der Waals surface area contributed by atoms with Crippen molar-refractivity contribution in [2.45, 2.75) is 39.3 Å². The number of nitrogens with zero attached hydrogens (tertiary/aromatic N) is 2. The Kier molecular flexibility index (Phi) is 5.14. The van der Waals surface area contributed by atoms with Gasteiger partial charge in [-0.2, -0.15) is 0 Å². The minimum atomic E-state index is -0.586. The highest BCUT2D eigenvalue weighted by Crippen LogP contribution is 2.21. The number of amides is 1. The van der Waals surface area contributed by atoms with E-state index in [1.54, 1.807) is 0 Å². The van der Waals surface area contributed by atoms with Gasteiger partial charge in [0.1, 0.15) is 5.82 Å². The van der Waals surface area contributed by atoms with Crippen LogP contribution in [0.15, 0.2) is 48.5 Å². The Bertz CT molecular complexity index is 870. The van der Waals surface area contributed by atoms with Crippen LogP contribution in [0.25, 0.3) is 11.0 Å². The molecule has 1 unspecified atom stereocenters. The Morgan fingerprint density at radius 1 is 1.20 bits per heavy atom. The molecule has 1 aromatic heterocycles. The van der Waals surface area contributed by atoms with Gasteiger partial charge in [-0.05, 0) is 37.1 Å². The normalized spacial score (nSPS) is 12.3. The lowest BCUT2D eigenvalue weighted by atomic mass is 10.1. The molecule has 0 bridgehead atoms. The summed E-state index contributed by atoms with van der Waals surface area (Å²) in [5, 5.41) is 2.91. The van der Waals surface area contributed by atoms with Crippen molar-refractivity contribution in [3.8, 4) is 0 Å². The molecule has 1 atom stereocenters. The molecule has 1 amide bonds. The molecule has 0 saturated heterocycles. The summed E-state index contributed by atoms with van der Waals surface area (Å²) in [6.45, 7) is 5.09. The van der Waals surface area contributed by atoms with Gasteiger partial charge in [0.25, 0.3) is 0 Å². The third kappa shape index (κ3) is 3.72. The van der Waals surface area contributed by atoms with E-state index in [4.69, 9.17) is 5.73 Å². The lowest BCUT2D eigenvalue weighted by Crippen LogP contribution is -2.37. The molecule has 0 spiro atoms. The van der Waals surface area contributed by atoms with E-state index in [1.165, 1.54) is 0 Å². The van der Waals surface area contributed by atoms with Crippen molar-refractivity contribution in [1.82, 2.24) is 9.55 Å². The molecule has 130 valence electrons. The van der Waals surface area contributed by atoms with Crippen LogP contribution in [-0.2, 0) is 24.2 Å². The highest BCUT2D eigenvalue weighted by Gasteiger charge is 2.15. The average Bonchev–Trinajstić information content (AvgIpc) is 2.99. The highest BCUT2D eigenvalue weighted by molar-refractivity contribution is 5.96. The Morgan fingerprint density at radius 2 is 1.96 bits per heavy atom. The molecule has 3 rings (SSSR count). The van der Waals surface area contributed by atoms with Crippen LogP contribution >= 0.6 is 0 Å². The Labute approximate surface area is 147 Å². The monoisotopic (exact) mass is 336 g/mol. The number of carbonyl (C=O) groups excluding carboxylic acids is 1. The molecule has 0 aliphatic heterocycles. The van der Waals surface area contributed by atoms with Gasteiger partial charge < -0.3 is 15.6 Å². The van der Waals surface area contributed by atoms with Crippen LogP contribution < -0.4 is 11.1 Å². The van der Waals surface area contributed by atoms with E-state index in [9.17, 15) is 4.79 Å². The van der Waals surface area contributed by atoms with Crippen LogP contribution in [0.1, 0.15) is 25.2 Å². The van der Waals surface area contributed by atoms with Gasteiger partial charge in [-0.25, -0.2) is 4.98 Å². The quantitative estimate of drug-likeness (QED) is 0.726. The number of imidazole rings is 1. The van der Waals surface area contributed by atoms with Crippen LogP contribution in [0.3, 0.4) is 0 Å². The fourth-order valence-corrected chi connectivity index (χ4v) is 3.08. The van der Waals surface area contributed by atoms with Gasteiger partial charge in [-0.3, -0.25) is 4.79 Å². The molecule has 5 nitrogen and oxygen atoms in total. The molecule has 5 heteroatoms. The fraction of sp³-hybridized carbons (Fsp3) is 0.300. The number of nitrogens with one attached hydrogen (secondary N) is 1. The lowest BCUT2D eigenvalue weighted by Gasteiger charge is -2.12. The Hall–Kier alpha value is -2.66. The molecule has 3 N–H and O–H groups in total. The summed E-state index contributed by atoms with van der Waals surface area (Å²) >= 11 is 0. The number of aryl methyl sites for hydroxylation is 2. The maximum Gasteiger partial charge on any atom is 0.241 e. The standard InChI is InChI=1S/C20H24N4O/c1-3-19-23-17-13-15(10-11-18(17)24(19)4-2)22-20(25)16(21)12-14-8-6-5-7-9-14/h5-11,13,16H,3-4,12,21H2,1-2H3,(H,22,25). The third-order valence-electron chi connectivity index (χ3n) is 4.36. The SMILES string of the molecule is CCc1nc2cc(NC(=O)C(N)Cc3ccccc3)ccc2n1CC. The molecule has 0 radical (unpaired) electrons. The van der Waals surface area contributed by atoms with E-state index in [-0.39, 0.29) is 5.91 Å². The first-order chi connectivity index (χ1) is 12.1. The van der Waals surface area contributed by atoms with E-state index < -0.39 is 6.04 Å². The smallest absolute Gasteiger partial charge is 0.241 e. The molecule has 1 heterocycles. The molecule has 25 heavy (non-hydrogen) atoms. The summed E-state index contributed by atoms with van der Waals surface area (Å²) in [7, 11) is 0. The van der Waals surface area contributed by atoms with Crippen LogP contribution in [0, 0.1) is 0 Å². The maximum atomic E-state index is 12.4. The minimum Gasteiger partial charge on any atom is -0.328 e. The zero-order valence-electron chi connectivity index (χ0n) is 14.7. The zero-order chi connectivity index (χ0) is 17.8. The number of rotatable bonds is 6. The van der Waals surface area contributed by atoms with E-state index in [0.717, 1.165) is 41.1 Å². The third-order valence-corrected chi connectivity index (χ3v) is 4.36. The van der Waals surface area contributed by atoms with Crippen molar-refractivity contribution in [3.63, 3.8) is 0 Å². The first-order valence-corrected chi connectivity index (χ1v) is 8.72. The number of fused-ring (bicyclic) bond motifs is 1. The molecule has 0 aliphatic rings. The van der Waals surface area contributed by atoms with Gasteiger partial charge in [-0.1, -0.05) is 37.3 Å². The molecular weight excluding hydrogens is 312 g/mol. The van der Waals surface area contributed by atoms with Gasteiger partial charge in [0.05, 0.1) is 17.1 Å². The van der Waals surface area contributed by atoms with Crippen molar-refractivity contribution in [2.75, 3.05) is 5.32 Å². The Morgan fingerprint density at radius 3 is 2.64 bits per heavy atom. The van der Waals surface area contributed by atoms with Gasteiger partial charge in [0.2, 0.25) is 5.91 Å². The van der Waals surface area contributed by atoms with E-state index >= 15 is 0 Å². The van der Waals surface area contributed by atoms with Crippen LogP contribution in [0.4, 0.5) is 5.69 Å². The minimum absolute atomic E-state index is 0.186. The van der Waals surface area contributed by atoms with E-state index in [2.05, 4.69) is 28.7 Å². The summed E-state index contributed by atoms with van der Waals surface area (Å²) in [5.41, 5.74) is 9.81. The fourth-order valence-electron chi connectivity index (χ4n) is 3.08. The number of benzene rings is 2. The van der Waals surface area contributed by atoms with Crippen molar-refractivity contribution in [2.24, 2.45) is 5.73 Å². The maximum absolute atomic E-state index is 12.4. The van der Waals surface area contributed by atoms with Gasteiger partial charge in [0.15, 0.2) is 0 Å². The van der Waals surface area contributed by atoms with Crippen LogP contribution in [0.5, 0.6) is 0 Å². The second kappa shape index (κ2) is 7.49. The van der Waals surface area contributed by atoms with Gasteiger partial charge >= 0.3 is 0 Å². The second-order valence-electron chi connectivity index (χ2n) is 6.11. The first-order valence-electron chi connectivity index (χ1n) is 8.72. The summed E-state index contributed by atoms with van der Waals surface area (Å²) in [6, 6.07) is 15.0. The predicted octanol–water partition coefficient (Wildman–Crippen LogP) is 3.13. The highest BCUT2D eigenvalue weighted by atomic mass is 16.2. The average molecular weight is 336 g/mol. The summed E-state index contributed by atoms with van der Waals surface area (Å²) in [6.07, 6.45) is 1.39. The summed E-state index contributed by atoms with van der Waals surface area (Å²) < 4.78 is 2.20. The van der Waals surface area contributed by atoms with Crippen LogP contribution in [0.2, 0.25) is 0 Å². The zero-order valence-corrected chi connectivity index (χ0v) is 14.7. The number of nitrogens with two attached hydrogens (primary N) is 1. The molecule has 0 fully saturated rings. The number of anilines is 1. The second-order valence-corrected chi connectivity index (χ2v) is 6.11. The van der Waals surface area contributed by atoms with Gasteiger partial charge in [0, 0.05) is 18.7 Å². The van der Waals surface area contributed by atoms with Crippen molar-refractivity contribution >= 4 is 22.6 Å². The van der Waals surface area contributed by atoms with Crippen molar-refractivity contribution < 1.29 is 4.79 Å². The van der Waals surface area contributed by atoms with Gasteiger partial charge in [-0.15, -0.1) is 0 Å². The van der Waals surface area contributed by atoms with Crippen molar-refractivity contribution in [1.29, 1.82) is 0 Å². The van der Waals surface area contributed by atoms with Crippen molar-refractivity contribution in [3.05, 3.63) is 59.9 Å². The van der Waals surface area contributed by atoms with E-state index in [1.807, 2.05) is 48.5 Å². The summed E-state index contributed by atoms with van der Waals surface area (Å²) in [5.74, 6) is 0.871. The molecule has 3 aromatic rings. The van der Waals surface area contributed by atoms with Crippen LogP contribution in [-0.4, -0.2) is 21.5 Å². The number of hydrogen-bond donors (Lipinski definition) is 2. The van der Waals surface area contributed by atoms with E-state index in [0.29, 0.717) is 6.42 Å². The first kappa shape index (κ1) is 17.2. The molecule has 2 aromatic carbocycles. The molecule has 0 aliphatic carbocycles. The number of aromatic nitrogens is 2. The summed E-state index contributed by atoms with van der Waals surface area (Å²) in [4.78, 5) is 17.0. The number of hydrogen-bond acceptors (Lipinski definition) is 3. The molecule has 0 saturated carbocycles. The predicted molar refractivity (Wildman–Crippen MR) is 102 cm³/mol. The number of carbonyl (C=O) groups is 1. The topological polar surface area (TPSA) is 72.9 Å².